The topological polar surface area (TPSA) is 55.7 Å². The van der Waals surface area contributed by atoms with Gasteiger partial charge >= 0.3 is 10.1 Å². The van der Waals surface area contributed by atoms with Crippen molar-refractivity contribution in [2.45, 2.75) is 4.90 Å². The number of nitrogens with zero attached hydrogens (tertiary/aromatic N) is 1. The van der Waals surface area contributed by atoms with E-state index >= 15 is 0 Å². The van der Waals surface area contributed by atoms with Crippen LogP contribution >= 0.6 is 11.6 Å². The Bertz CT molecular complexity index is 985. The van der Waals surface area contributed by atoms with Gasteiger partial charge in [0.1, 0.15) is 10.6 Å². The first-order valence-corrected chi connectivity index (χ1v) is 9.21. The maximum atomic E-state index is 12.3. The van der Waals surface area contributed by atoms with E-state index in [1.165, 1.54) is 24.3 Å². The van der Waals surface area contributed by atoms with Gasteiger partial charge in [-0.15, -0.1) is 0 Å². The van der Waals surface area contributed by atoms with Crippen molar-refractivity contribution in [3.8, 4) is 5.75 Å². The molecule has 0 aliphatic carbocycles. The highest BCUT2D eigenvalue weighted by Crippen LogP contribution is 2.21. The molecular weight excluding hydrogens is 358 g/mol. The van der Waals surface area contributed by atoms with Crippen molar-refractivity contribution in [1.29, 1.82) is 0 Å². The minimum Gasteiger partial charge on any atom is -0.379 e. The van der Waals surface area contributed by atoms with Gasteiger partial charge in [0.25, 0.3) is 0 Å². The van der Waals surface area contributed by atoms with Gasteiger partial charge in [0.05, 0.1) is 5.69 Å². The van der Waals surface area contributed by atoms with Crippen LogP contribution in [0.5, 0.6) is 5.75 Å². The lowest BCUT2D eigenvalue weighted by atomic mass is 10.2. The average Bonchev–Trinajstić information content (AvgIpc) is 2.61. The van der Waals surface area contributed by atoms with Crippen LogP contribution in [0.1, 0.15) is 5.56 Å². The standard InChI is InChI=1S/C19H14ClNO3S/c20-16-9-11-19(12-10-16)25(22,23)24-18-8-4-5-15(13-18)14-21-17-6-2-1-3-7-17/h1-14H. The Balaban J connectivity index is 1.79. The number of halogens is 1. The summed E-state index contributed by atoms with van der Waals surface area (Å²) in [7, 11) is -3.92. The first-order chi connectivity index (χ1) is 12.0. The Labute approximate surface area is 151 Å². The third-order valence-electron chi connectivity index (χ3n) is 3.29. The van der Waals surface area contributed by atoms with Gasteiger partial charge in [0, 0.05) is 11.2 Å². The molecule has 126 valence electrons. The molecule has 4 nitrogen and oxygen atoms in total. The molecule has 3 aromatic carbocycles. The number of rotatable bonds is 5. The Morgan fingerprint density at radius 1 is 0.880 bits per heavy atom. The first-order valence-electron chi connectivity index (χ1n) is 7.42. The highest BCUT2D eigenvalue weighted by Gasteiger charge is 2.16. The third kappa shape index (κ3) is 4.68. The minimum absolute atomic E-state index is 0.0419. The van der Waals surface area contributed by atoms with Crippen LogP contribution in [-0.2, 0) is 10.1 Å². The minimum atomic E-state index is -3.92. The van der Waals surface area contributed by atoms with Gasteiger partial charge in [-0.25, -0.2) is 0 Å². The molecule has 6 heteroatoms. The second-order valence-electron chi connectivity index (χ2n) is 5.16. The molecule has 0 aliphatic heterocycles. The Hall–Kier alpha value is -2.63. The van der Waals surface area contributed by atoms with E-state index < -0.39 is 10.1 Å². The molecule has 0 heterocycles. The summed E-state index contributed by atoms with van der Waals surface area (Å²) in [6.07, 6.45) is 1.65. The second kappa shape index (κ2) is 7.51. The van der Waals surface area contributed by atoms with Crippen molar-refractivity contribution < 1.29 is 12.6 Å². The number of hydrogen-bond donors (Lipinski definition) is 0. The fourth-order valence-corrected chi connectivity index (χ4v) is 3.13. The maximum absolute atomic E-state index is 12.3. The van der Waals surface area contributed by atoms with Crippen molar-refractivity contribution >= 4 is 33.6 Å². The predicted molar refractivity (Wildman–Crippen MR) is 99.4 cm³/mol. The smallest absolute Gasteiger partial charge is 0.339 e. The molecule has 0 bridgehead atoms. The molecular formula is C19H14ClNO3S. The van der Waals surface area contributed by atoms with Gasteiger partial charge < -0.3 is 4.18 Å². The highest BCUT2D eigenvalue weighted by atomic mass is 35.5. The van der Waals surface area contributed by atoms with Crippen LogP contribution in [0.15, 0.2) is 88.8 Å². The van der Waals surface area contributed by atoms with Crippen LogP contribution in [0, 0.1) is 0 Å². The zero-order chi connectivity index (χ0) is 17.7. The molecule has 25 heavy (non-hydrogen) atoms. The molecule has 0 N–H and O–H groups in total. The summed E-state index contributed by atoms with van der Waals surface area (Å²) in [4.78, 5) is 4.38. The summed E-state index contributed by atoms with van der Waals surface area (Å²) in [6, 6.07) is 22.0. The van der Waals surface area contributed by atoms with Gasteiger partial charge in [0.15, 0.2) is 0 Å². The number of aliphatic imine (C=N–C) groups is 1. The van der Waals surface area contributed by atoms with E-state index in [1.807, 2.05) is 36.4 Å². The molecule has 0 unspecified atom stereocenters. The van der Waals surface area contributed by atoms with Crippen LogP contribution in [-0.4, -0.2) is 14.6 Å². The van der Waals surface area contributed by atoms with Crippen LogP contribution in [0.2, 0.25) is 5.02 Å². The van der Waals surface area contributed by atoms with Crippen molar-refractivity contribution in [3.63, 3.8) is 0 Å². The molecule has 0 radical (unpaired) electrons. The zero-order valence-electron chi connectivity index (χ0n) is 13.0. The van der Waals surface area contributed by atoms with Gasteiger partial charge in [-0.05, 0) is 54.1 Å². The van der Waals surface area contributed by atoms with E-state index in [4.69, 9.17) is 15.8 Å². The number of hydrogen-bond acceptors (Lipinski definition) is 4. The van der Waals surface area contributed by atoms with E-state index in [-0.39, 0.29) is 10.6 Å². The monoisotopic (exact) mass is 371 g/mol. The SMILES string of the molecule is O=S(=O)(Oc1cccc(C=Nc2ccccc2)c1)c1ccc(Cl)cc1. The van der Waals surface area contributed by atoms with Crippen LogP contribution in [0.4, 0.5) is 5.69 Å². The van der Waals surface area contributed by atoms with Crippen LogP contribution in [0.3, 0.4) is 0 Å². The van der Waals surface area contributed by atoms with Crippen LogP contribution in [0.25, 0.3) is 0 Å². The molecule has 0 fully saturated rings. The molecule has 0 saturated carbocycles. The van der Waals surface area contributed by atoms with E-state index in [9.17, 15) is 8.42 Å². The van der Waals surface area contributed by atoms with E-state index in [0.29, 0.717) is 5.02 Å². The fourth-order valence-electron chi connectivity index (χ4n) is 2.09. The molecule has 0 saturated heterocycles. The molecule has 0 amide bonds. The van der Waals surface area contributed by atoms with Crippen LogP contribution < -0.4 is 4.18 Å². The summed E-state index contributed by atoms with van der Waals surface area (Å²) in [5, 5.41) is 0.457. The highest BCUT2D eigenvalue weighted by molar-refractivity contribution is 7.87. The molecule has 3 rings (SSSR count). The predicted octanol–water partition coefficient (Wildman–Crippen LogP) is 4.86. The van der Waals surface area contributed by atoms with E-state index in [2.05, 4.69) is 4.99 Å². The third-order valence-corrected chi connectivity index (χ3v) is 4.80. The summed E-state index contributed by atoms with van der Waals surface area (Å²) in [5.41, 5.74) is 1.54. The summed E-state index contributed by atoms with van der Waals surface area (Å²) in [5.74, 6) is 0.215. The normalized spacial score (nSPS) is 11.6. The van der Waals surface area contributed by atoms with E-state index in [0.717, 1.165) is 11.3 Å². The van der Waals surface area contributed by atoms with Crippen molar-refractivity contribution in [3.05, 3.63) is 89.4 Å². The van der Waals surface area contributed by atoms with Crippen molar-refractivity contribution in [2.24, 2.45) is 4.99 Å². The van der Waals surface area contributed by atoms with Crippen molar-refractivity contribution in [2.75, 3.05) is 0 Å². The lowest BCUT2D eigenvalue weighted by molar-refractivity contribution is 0.486. The Kier molecular flexibility index (Phi) is 5.16. The van der Waals surface area contributed by atoms with E-state index in [1.54, 1.807) is 24.4 Å². The van der Waals surface area contributed by atoms with Gasteiger partial charge in [0.2, 0.25) is 0 Å². The summed E-state index contributed by atoms with van der Waals surface area (Å²) in [6.45, 7) is 0. The van der Waals surface area contributed by atoms with Crippen molar-refractivity contribution in [1.82, 2.24) is 0 Å². The lowest BCUT2D eigenvalue weighted by Gasteiger charge is -2.07. The fraction of sp³-hybridized carbons (Fsp3) is 0. The molecule has 0 spiro atoms. The first kappa shape index (κ1) is 17.2. The maximum Gasteiger partial charge on any atom is 0.339 e. The number of benzene rings is 3. The summed E-state index contributed by atoms with van der Waals surface area (Å²) >= 11 is 5.78. The average molecular weight is 372 g/mol. The molecule has 0 atom stereocenters. The number of para-hydroxylation sites is 1. The Morgan fingerprint density at radius 2 is 1.60 bits per heavy atom. The Morgan fingerprint density at radius 3 is 2.32 bits per heavy atom. The van der Waals surface area contributed by atoms with Gasteiger partial charge in [-0.1, -0.05) is 41.9 Å². The van der Waals surface area contributed by atoms with Gasteiger partial charge in [-0.2, -0.15) is 8.42 Å². The zero-order valence-corrected chi connectivity index (χ0v) is 14.6. The lowest BCUT2D eigenvalue weighted by Crippen LogP contribution is -2.09. The second-order valence-corrected chi connectivity index (χ2v) is 7.14. The molecule has 3 aromatic rings. The largest absolute Gasteiger partial charge is 0.379 e. The summed E-state index contributed by atoms with van der Waals surface area (Å²) < 4.78 is 29.8. The molecule has 0 aromatic heterocycles. The van der Waals surface area contributed by atoms with Gasteiger partial charge in [-0.3, -0.25) is 4.99 Å². The molecule has 0 aliphatic rings. The quantitative estimate of drug-likeness (QED) is 0.475.